The molecule has 0 aromatic heterocycles. The minimum atomic E-state index is -1.07. The molecule has 1 unspecified atom stereocenters. The average molecular weight is 552 g/mol. The quantitative estimate of drug-likeness (QED) is 0.308. The second-order valence-electron chi connectivity index (χ2n) is 12.3. The lowest BCUT2D eigenvalue weighted by Crippen LogP contribution is -2.40. The zero-order valence-electron chi connectivity index (χ0n) is 25.1. The first-order chi connectivity index (χ1) is 17.7. The van der Waals surface area contributed by atoms with Crippen LogP contribution in [0.5, 0.6) is 11.5 Å². The van der Waals surface area contributed by atoms with Gasteiger partial charge < -0.3 is 29.4 Å². The Morgan fingerprint density at radius 2 is 1.28 bits per heavy atom. The maximum absolute atomic E-state index is 12.7. The molecule has 220 valence electrons. The summed E-state index contributed by atoms with van der Waals surface area (Å²) in [7, 11) is 0. The second kappa shape index (κ2) is 13.3. The third kappa shape index (κ3) is 11.2. The molecule has 0 heterocycles. The Bertz CT molecular complexity index is 1030. The first-order valence-electron chi connectivity index (χ1n) is 13.1. The molecule has 3 atom stereocenters. The largest absolute Gasteiger partial charge is 0.509 e. The zero-order valence-corrected chi connectivity index (χ0v) is 25.1. The summed E-state index contributed by atoms with van der Waals surface area (Å²) in [4.78, 5) is 49.7. The molecule has 0 aliphatic carbocycles. The van der Waals surface area contributed by atoms with Crippen molar-refractivity contribution in [3.63, 3.8) is 0 Å². The van der Waals surface area contributed by atoms with Crippen LogP contribution in [0.25, 0.3) is 0 Å². The zero-order chi connectivity index (χ0) is 30.3. The number of nitrogens with two attached hydrogens (primary N) is 1. The Morgan fingerprint density at radius 3 is 1.77 bits per heavy atom. The van der Waals surface area contributed by atoms with E-state index in [-0.39, 0.29) is 17.9 Å². The van der Waals surface area contributed by atoms with Crippen LogP contribution in [0.3, 0.4) is 0 Å². The van der Waals surface area contributed by atoms with E-state index >= 15 is 0 Å². The van der Waals surface area contributed by atoms with Gasteiger partial charge in [0.15, 0.2) is 11.5 Å². The summed E-state index contributed by atoms with van der Waals surface area (Å²) >= 11 is 0. The van der Waals surface area contributed by atoms with Gasteiger partial charge in [0.1, 0.15) is 23.9 Å². The van der Waals surface area contributed by atoms with E-state index in [9.17, 15) is 19.2 Å². The molecule has 0 bridgehead atoms. The molecular weight excluding hydrogens is 506 g/mol. The van der Waals surface area contributed by atoms with Gasteiger partial charge in [-0.25, -0.2) is 4.79 Å². The summed E-state index contributed by atoms with van der Waals surface area (Å²) in [6.07, 6.45) is -1.77. The molecule has 2 N–H and O–H groups in total. The fourth-order valence-corrected chi connectivity index (χ4v) is 2.62. The number of hydrogen-bond acceptors (Lipinski definition) is 10. The van der Waals surface area contributed by atoms with Crippen molar-refractivity contribution in [2.75, 3.05) is 0 Å². The number of esters is 3. The highest BCUT2D eigenvalue weighted by Crippen LogP contribution is 2.33. The molecule has 0 saturated carbocycles. The van der Waals surface area contributed by atoms with Crippen LogP contribution in [0, 0.1) is 10.8 Å². The van der Waals surface area contributed by atoms with Crippen molar-refractivity contribution >= 4 is 24.1 Å². The van der Waals surface area contributed by atoms with Crippen LogP contribution in [0.15, 0.2) is 18.2 Å². The predicted octanol–water partition coefficient (Wildman–Crippen LogP) is 5.12. The van der Waals surface area contributed by atoms with Crippen LogP contribution in [0.4, 0.5) is 4.79 Å². The molecule has 1 aromatic carbocycles. The van der Waals surface area contributed by atoms with Gasteiger partial charge in [0.25, 0.3) is 0 Å². The van der Waals surface area contributed by atoms with E-state index in [1.54, 1.807) is 75.3 Å². The minimum Gasteiger partial charge on any atom is -0.458 e. The van der Waals surface area contributed by atoms with Crippen molar-refractivity contribution in [3.05, 3.63) is 23.8 Å². The number of ether oxygens (including phenoxy) is 5. The summed E-state index contributed by atoms with van der Waals surface area (Å²) < 4.78 is 26.9. The van der Waals surface area contributed by atoms with E-state index in [4.69, 9.17) is 29.4 Å². The van der Waals surface area contributed by atoms with E-state index in [1.165, 1.54) is 12.1 Å². The van der Waals surface area contributed by atoms with Crippen molar-refractivity contribution in [2.45, 2.75) is 113 Å². The van der Waals surface area contributed by atoms with Crippen molar-refractivity contribution < 1.29 is 42.9 Å². The molecule has 0 aliphatic rings. The van der Waals surface area contributed by atoms with E-state index in [2.05, 4.69) is 0 Å². The fraction of sp³-hybridized carbons (Fsp3) is 0.655. The predicted molar refractivity (Wildman–Crippen MR) is 145 cm³/mol. The summed E-state index contributed by atoms with van der Waals surface area (Å²) in [5.41, 5.74) is 4.37. The molecule has 0 aliphatic heterocycles. The Labute approximate surface area is 231 Å². The highest BCUT2D eigenvalue weighted by molar-refractivity contribution is 5.81. The maximum atomic E-state index is 12.7. The highest BCUT2D eigenvalue weighted by atomic mass is 16.7. The van der Waals surface area contributed by atoms with Gasteiger partial charge in [-0.05, 0) is 99.8 Å². The maximum Gasteiger partial charge on any atom is 0.509 e. The Hall–Kier alpha value is -3.14. The molecule has 0 amide bonds. The van der Waals surface area contributed by atoms with Gasteiger partial charge in [0, 0.05) is 0 Å². The van der Waals surface area contributed by atoms with Crippen LogP contribution in [-0.4, -0.2) is 47.9 Å². The van der Waals surface area contributed by atoms with Gasteiger partial charge >= 0.3 is 24.1 Å². The third-order valence-corrected chi connectivity index (χ3v) is 5.85. The Kier molecular flexibility index (Phi) is 11.5. The van der Waals surface area contributed by atoms with Crippen molar-refractivity contribution in [1.29, 1.82) is 0 Å². The van der Waals surface area contributed by atoms with Crippen LogP contribution in [-0.2, 0) is 35.0 Å². The van der Waals surface area contributed by atoms with Crippen molar-refractivity contribution in [3.8, 4) is 11.5 Å². The average Bonchev–Trinajstić information content (AvgIpc) is 2.78. The van der Waals surface area contributed by atoms with Crippen LogP contribution < -0.4 is 15.2 Å². The number of benzene rings is 1. The molecule has 0 spiro atoms. The van der Waals surface area contributed by atoms with E-state index < -0.39 is 58.7 Å². The SMILES string of the molecule is CCC(C)(C)OC(=O)OC(C)[C@H](C)OC(=O)[C@@H](N)Cc1ccc(OC(=O)C(C)(C)C)c(OC(=O)C(C)(C)C)c1. The molecule has 1 aromatic rings. The van der Waals surface area contributed by atoms with Crippen LogP contribution >= 0.6 is 0 Å². The first kappa shape index (κ1) is 33.9. The minimum absolute atomic E-state index is 0.0366. The van der Waals surface area contributed by atoms with Crippen molar-refractivity contribution in [1.82, 2.24) is 0 Å². The highest BCUT2D eigenvalue weighted by Gasteiger charge is 2.30. The van der Waals surface area contributed by atoms with Crippen molar-refractivity contribution in [2.24, 2.45) is 16.6 Å². The Balaban J connectivity index is 2.96. The molecule has 1 rings (SSSR count). The molecule has 39 heavy (non-hydrogen) atoms. The lowest BCUT2D eigenvalue weighted by Gasteiger charge is -2.26. The van der Waals surface area contributed by atoms with Crippen LogP contribution in [0.2, 0.25) is 0 Å². The first-order valence-corrected chi connectivity index (χ1v) is 13.1. The smallest absolute Gasteiger partial charge is 0.458 e. The van der Waals surface area contributed by atoms with Gasteiger partial charge in [-0.15, -0.1) is 0 Å². The van der Waals surface area contributed by atoms with Gasteiger partial charge in [-0.1, -0.05) is 13.0 Å². The molecule has 10 nitrogen and oxygen atoms in total. The van der Waals surface area contributed by atoms with Gasteiger partial charge in [0.05, 0.1) is 10.8 Å². The van der Waals surface area contributed by atoms with Gasteiger partial charge in [0.2, 0.25) is 0 Å². The summed E-state index contributed by atoms with van der Waals surface area (Å²) in [6, 6.07) is 3.54. The topological polar surface area (TPSA) is 140 Å². The lowest BCUT2D eigenvalue weighted by molar-refractivity contribution is -0.156. The standard InChI is InChI=1S/C29H45NO9/c1-12-29(10,11)39-26(34)36-18(3)17(2)35-23(31)20(30)15-19-13-14-21(37-24(32)27(4,5)6)22(16-19)38-25(33)28(7,8)9/h13-14,16-18,20H,12,15,30H2,1-11H3/t17-,18?,20-/m0/s1. The molecule has 0 fully saturated rings. The number of hydrogen-bond donors (Lipinski definition) is 1. The fourth-order valence-electron chi connectivity index (χ4n) is 2.62. The normalized spacial score (nSPS) is 14.5. The Morgan fingerprint density at radius 1 is 0.795 bits per heavy atom. The van der Waals surface area contributed by atoms with Gasteiger partial charge in [-0.2, -0.15) is 0 Å². The number of rotatable bonds is 10. The van der Waals surface area contributed by atoms with E-state index in [0.29, 0.717) is 12.0 Å². The lowest BCUT2D eigenvalue weighted by atomic mass is 9.97. The summed E-state index contributed by atoms with van der Waals surface area (Å²) in [6.45, 7) is 18.8. The molecule has 0 saturated heterocycles. The third-order valence-electron chi connectivity index (χ3n) is 5.85. The van der Waals surface area contributed by atoms with E-state index in [0.717, 1.165) is 0 Å². The second-order valence-corrected chi connectivity index (χ2v) is 12.3. The number of carbonyl (C=O) groups excluding carboxylic acids is 4. The molecule has 0 radical (unpaired) electrons. The number of carbonyl (C=O) groups is 4. The summed E-state index contributed by atoms with van der Waals surface area (Å²) in [5.74, 6) is -1.63. The van der Waals surface area contributed by atoms with Gasteiger partial charge in [-0.3, -0.25) is 14.4 Å². The molecular formula is C29H45NO9. The van der Waals surface area contributed by atoms with E-state index in [1.807, 2.05) is 6.92 Å². The summed E-state index contributed by atoms with van der Waals surface area (Å²) in [5, 5.41) is 0. The monoisotopic (exact) mass is 551 g/mol. The molecule has 10 heteroatoms. The van der Waals surface area contributed by atoms with Crippen LogP contribution in [0.1, 0.15) is 88.1 Å².